The molecule has 3 aromatic carbocycles. The molecule has 9 heteroatoms. The molecular weight excluding hydrogens is 468 g/mol. The molecule has 0 aliphatic carbocycles. The lowest BCUT2D eigenvalue weighted by molar-refractivity contribution is -0.139. The number of carbonyl (C=O) groups is 3. The van der Waals surface area contributed by atoms with Crippen LogP contribution in [-0.2, 0) is 20.9 Å². The zero-order valence-electron chi connectivity index (χ0n) is 19.3. The summed E-state index contributed by atoms with van der Waals surface area (Å²) in [5.41, 5.74) is 6.28. The van der Waals surface area contributed by atoms with Gasteiger partial charge < -0.3 is 15.4 Å². The Labute approximate surface area is 208 Å². The first-order valence-electron chi connectivity index (χ1n) is 10.8. The Kier molecular flexibility index (Phi) is 8.97. The van der Waals surface area contributed by atoms with Gasteiger partial charge in [-0.15, -0.1) is 0 Å². The van der Waals surface area contributed by atoms with Crippen LogP contribution < -0.4 is 20.8 Å². The van der Waals surface area contributed by atoms with E-state index in [0.29, 0.717) is 22.0 Å². The maximum absolute atomic E-state index is 12.2. The minimum absolute atomic E-state index is 0.204. The number of aryl methyl sites for hydroxylation is 2. The fourth-order valence-corrected chi connectivity index (χ4v) is 3.11. The molecule has 0 bridgehead atoms. The lowest BCUT2D eigenvalue weighted by Crippen LogP contribution is -2.37. The monoisotopic (exact) mass is 492 g/mol. The highest BCUT2D eigenvalue weighted by Gasteiger charge is 2.12. The molecule has 0 aromatic heterocycles. The molecule has 3 rings (SSSR count). The van der Waals surface area contributed by atoms with E-state index in [1.165, 1.54) is 6.21 Å². The van der Waals surface area contributed by atoms with Gasteiger partial charge in [-0.2, -0.15) is 5.10 Å². The average Bonchev–Trinajstić information content (AvgIpc) is 2.84. The zero-order valence-corrected chi connectivity index (χ0v) is 20.1. The van der Waals surface area contributed by atoms with Gasteiger partial charge in [-0.1, -0.05) is 59.6 Å². The number of hydrazone groups is 1. The molecule has 0 fully saturated rings. The molecule has 0 aliphatic rings. The van der Waals surface area contributed by atoms with Gasteiger partial charge in [-0.05, 0) is 54.8 Å². The zero-order chi connectivity index (χ0) is 25.2. The lowest BCUT2D eigenvalue weighted by Gasteiger charge is -2.10. The number of amides is 3. The molecule has 0 atom stereocenters. The molecule has 3 N–H and O–H groups in total. The maximum atomic E-state index is 12.2. The topological polar surface area (TPSA) is 109 Å². The number of rotatable bonds is 8. The molecule has 8 nitrogen and oxygen atoms in total. The number of nitrogens with zero attached hydrogens (tertiary/aromatic N) is 1. The molecule has 180 valence electrons. The van der Waals surface area contributed by atoms with Crippen LogP contribution >= 0.6 is 11.6 Å². The highest BCUT2D eigenvalue weighted by atomic mass is 35.5. The normalized spacial score (nSPS) is 10.6. The van der Waals surface area contributed by atoms with Gasteiger partial charge in [0, 0.05) is 17.3 Å². The van der Waals surface area contributed by atoms with Crippen molar-refractivity contribution in [3.63, 3.8) is 0 Å². The van der Waals surface area contributed by atoms with E-state index in [1.54, 1.807) is 36.4 Å². The number of nitrogens with one attached hydrogen (secondary N) is 3. The van der Waals surface area contributed by atoms with E-state index in [2.05, 4.69) is 21.2 Å². The van der Waals surface area contributed by atoms with Gasteiger partial charge in [-0.3, -0.25) is 14.4 Å². The van der Waals surface area contributed by atoms with Crippen LogP contribution in [0.5, 0.6) is 5.75 Å². The predicted molar refractivity (Wildman–Crippen MR) is 136 cm³/mol. The summed E-state index contributed by atoms with van der Waals surface area (Å²) in [6.45, 7) is 3.86. The van der Waals surface area contributed by atoms with Crippen LogP contribution in [0.15, 0.2) is 71.8 Å². The van der Waals surface area contributed by atoms with E-state index in [0.717, 1.165) is 16.7 Å². The number of ether oxygens (including phenoxy) is 1. The van der Waals surface area contributed by atoms with E-state index in [9.17, 15) is 14.4 Å². The first kappa shape index (κ1) is 25.5. The van der Waals surface area contributed by atoms with Crippen molar-refractivity contribution >= 4 is 41.2 Å². The Hall–Kier alpha value is -4.17. The Morgan fingerprint density at radius 2 is 1.74 bits per heavy atom. The Morgan fingerprint density at radius 3 is 2.51 bits per heavy atom. The first-order chi connectivity index (χ1) is 16.8. The summed E-state index contributed by atoms with van der Waals surface area (Å²) in [6, 6.07) is 19.6. The number of halogens is 1. The summed E-state index contributed by atoms with van der Waals surface area (Å²) < 4.78 is 5.54. The summed E-state index contributed by atoms with van der Waals surface area (Å²) >= 11 is 5.97. The minimum atomic E-state index is -0.881. The number of anilines is 1. The summed E-state index contributed by atoms with van der Waals surface area (Å²) in [6.07, 6.45) is 1.37. The standard InChI is InChI=1S/C26H25ClN4O4/c1-17-6-9-19(10-7-17)14-28-25(33)26(34)31-29-15-20-4-3-5-22(12-20)35-16-24(32)30-23-13-21(27)11-8-18(23)2/h3-13,15H,14,16H2,1-2H3,(H,28,33)(H,30,32)(H,31,34)/b29-15-. The van der Waals surface area contributed by atoms with E-state index >= 15 is 0 Å². The largest absolute Gasteiger partial charge is 0.484 e. The molecule has 0 spiro atoms. The van der Waals surface area contributed by atoms with Crippen molar-refractivity contribution < 1.29 is 19.1 Å². The Morgan fingerprint density at radius 1 is 0.971 bits per heavy atom. The molecule has 3 aromatic rings. The predicted octanol–water partition coefficient (Wildman–Crippen LogP) is 3.74. The molecule has 3 amide bonds. The van der Waals surface area contributed by atoms with Gasteiger partial charge in [0.15, 0.2) is 6.61 Å². The third-order valence-corrected chi connectivity index (χ3v) is 5.10. The highest BCUT2D eigenvalue weighted by Crippen LogP contribution is 2.20. The van der Waals surface area contributed by atoms with Crippen molar-refractivity contribution in [2.45, 2.75) is 20.4 Å². The van der Waals surface area contributed by atoms with Crippen LogP contribution in [0, 0.1) is 13.8 Å². The van der Waals surface area contributed by atoms with Gasteiger partial charge in [0.1, 0.15) is 5.75 Å². The fourth-order valence-electron chi connectivity index (χ4n) is 2.93. The molecule has 0 heterocycles. The third-order valence-electron chi connectivity index (χ3n) is 4.86. The van der Waals surface area contributed by atoms with Crippen molar-refractivity contribution in [2.75, 3.05) is 11.9 Å². The van der Waals surface area contributed by atoms with Gasteiger partial charge >= 0.3 is 11.8 Å². The first-order valence-corrected chi connectivity index (χ1v) is 11.1. The smallest absolute Gasteiger partial charge is 0.329 e. The Bertz CT molecular complexity index is 1240. The van der Waals surface area contributed by atoms with Crippen molar-refractivity contribution in [3.05, 3.63) is 94.0 Å². The van der Waals surface area contributed by atoms with E-state index in [-0.39, 0.29) is 19.1 Å². The van der Waals surface area contributed by atoms with Crippen LogP contribution in [0.3, 0.4) is 0 Å². The quantitative estimate of drug-likeness (QED) is 0.253. The number of hydrogen-bond acceptors (Lipinski definition) is 5. The van der Waals surface area contributed by atoms with Gasteiger partial charge in [0.25, 0.3) is 5.91 Å². The molecule has 0 saturated heterocycles. The van der Waals surface area contributed by atoms with Gasteiger partial charge in [-0.25, -0.2) is 5.43 Å². The molecule has 35 heavy (non-hydrogen) atoms. The maximum Gasteiger partial charge on any atom is 0.329 e. The molecular formula is C26H25ClN4O4. The van der Waals surface area contributed by atoms with Crippen LogP contribution in [0.2, 0.25) is 5.02 Å². The fraction of sp³-hybridized carbons (Fsp3) is 0.154. The second-order valence-corrected chi connectivity index (χ2v) is 8.17. The number of hydrogen-bond donors (Lipinski definition) is 3. The summed E-state index contributed by atoms with van der Waals surface area (Å²) in [5.74, 6) is -1.57. The third kappa shape index (κ3) is 8.28. The van der Waals surface area contributed by atoms with E-state index < -0.39 is 11.8 Å². The van der Waals surface area contributed by atoms with Crippen LogP contribution in [0.1, 0.15) is 22.3 Å². The molecule has 0 saturated carbocycles. The SMILES string of the molecule is Cc1ccc(CNC(=O)C(=O)N/N=C\c2cccc(OCC(=O)Nc3cc(Cl)ccc3C)c2)cc1. The average molecular weight is 493 g/mol. The number of benzene rings is 3. The summed E-state index contributed by atoms with van der Waals surface area (Å²) in [5, 5.41) is 9.62. The molecule has 0 unspecified atom stereocenters. The van der Waals surface area contributed by atoms with E-state index in [1.807, 2.05) is 44.2 Å². The van der Waals surface area contributed by atoms with Crippen molar-refractivity contribution in [1.29, 1.82) is 0 Å². The highest BCUT2D eigenvalue weighted by molar-refractivity contribution is 6.35. The molecule has 0 aliphatic heterocycles. The van der Waals surface area contributed by atoms with Crippen molar-refractivity contribution in [3.8, 4) is 5.75 Å². The van der Waals surface area contributed by atoms with Gasteiger partial charge in [0.2, 0.25) is 0 Å². The van der Waals surface area contributed by atoms with Crippen molar-refractivity contribution in [1.82, 2.24) is 10.7 Å². The second-order valence-electron chi connectivity index (χ2n) is 7.74. The Balaban J connectivity index is 1.45. The van der Waals surface area contributed by atoms with Crippen LogP contribution in [-0.4, -0.2) is 30.5 Å². The van der Waals surface area contributed by atoms with Crippen LogP contribution in [0.4, 0.5) is 5.69 Å². The lowest BCUT2D eigenvalue weighted by atomic mass is 10.1. The molecule has 0 radical (unpaired) electrons. The van der Waals surface area contributed by atoms with Gasteiger partial charge in [0.05, 0.1) is 6.21 Å². The second kappa shape index (κ2) is 12.3. The van der Waals surface area contributed by atoms with Crippen LogP contribution in [0.25, 0.3) is 0 Å². The summed E-state index contributed by atoms with van der Waals surface area (Å²) in [4.78, 5) is 36.1. The van der Waals surface area contributed by atoms with E-state index in [4.69, 9.17) is 16.3 Å². The minimum Gasteiger partial charge on any atom is -0.484 e. The summed E-state index contributed by atoms with van der Waals surface area (Å²) in [7, 11) is 0. The number of carbonyl (C=O) groups excluding carboxylic acids is 3. The van der Waals surface area contributed by atoms with Crippen molar-refractivity contribution in [2.24, 2.45) is 5.10 Å².